The maximum absolute atomic E-state index is 12.9. The van der Waals surface area contributed by atoms with E-state index in [1.165, 1.54) is 4.90 Å². The number of amides is 2. The van der Waals surface area contributed by atoms with Crippen LogP contribution in [0, 0.1) is 0 Å². The molecular weight excluding hydrogens is 436 g/mol. The number of nitrogens with zero attached hydrogens (tertiary/aromatic N) is 1. The molecule has 1 aromatic heterocycles. The van der Waals surface area contributed by atoms with Crippen LogP contribution in [0.2, 0.25) is 0 Å². The van der Waals surface area contributed by atoms with Gasteiger partial charge in [0.05, 0.1) is 32.0 Å². The summed E-state index contributed by atoms with van der Waals surface area (Å²) in [6.45, 7) is 0.127. The average molecular weight is 457 g/mol. The van der Waals surface area contributed by atoms with E-state index in [2.05, 4.69) is 21.2 Å². The molecule has 29 heavy (non-hydrogen) atoms. The average Bonchev–Trinajstić information content (AvgIpc) is 3.23. The van der Waals surface area contributed by atoms with Gasteiger partial charge in [0.15, 0.2) is 0 Å². The number of halogens is 1. The number of carbonyl (C=O) groups excluding carboxylic acids is 2. The van der Waals surface area contributed by atoms with Gasteiger partial charge in [0.25, 0.3) is 0 Å². The zero-order valence-corrected chi connectivity index (χ0v) is 17.5. The highest BCUT2D eigenvalue weighted by atomic mass is 79.9. The van der Waals surface area contributed by atoms with Crippen molar-refractivity contribution in [3.63, 3.8) is 0 Å². The molecule has 0 saturated heterocycles. The maximum Gasteiger partial charge on any atom is 0.244 e. The van der Waals surface area contributed by atoms with Gasteiger partial charge in [0.1, 0.15) is 18.1 Å². The van der Waals surface area contributed by atoms with Crippen LogP contribution in [-0.4, -0.2) is 30.4 Å². The Morgan fingerprint density at radius 3 is 2.48 bits per heavy atom. The first-order valence-corrected chi connectivity index (χ1v) is 9.82. The molecule has 6 nitrogen and oxygen atoms in total. The number of methoxy groups -OCH3 is 1. The van der Waals surface area contributed by atoms with Crippen LogP contribution < -0.4 is 10.1 Å². The van der Waals surface area contributed by atoms with Crippen molar-refractivity contribution in [2.75, 3.05) is 19.0 Å². The first kappa shape index (κ1) is 20.7. The molecule has 0 fully saturated rings. The predicted molar refractivity (Wildman–Crippen MR) is 114 cm³/mol. The molecule has 0 radical (unpaired) electrons. The summed E-state index contributed by atoms with van der Waals surface area (Å²) in [6.07, 6.45) is 1.72. The van der Waals surface area contributed by atoms with Crippen LogP contribution in [0.1, 0.15) is 11.3 Å². The number of ether oxygens (including phenoxy) is 1. The van der Waals surface area contributed by atoms with Crippen LogP contribution in [-0.2, 0) is 22.6 Å². The molecule has 0 saturated carbocycles. The van der Waals surface area contributed by atoms with Gasteiger partial charge < -0.3 is 19.4 Å². The molecule has 3 rings (SSSR count). The SMILES string of the molecule is COc1ccc(CC(=O)N(CC(=O)Nc2ccccc2Br)Cc2ccco2)cc1. The number of benzene rings is 2. The first-order valence-electron chi connectivity index (χ1n) is 9.02. The van der Waals surface area contributed by atoms with Crippen LogP contribution >= 0.6 is 15.9 Å². The van der Waals surface area contributed by atoms with Crippen LogP contribution in [0.15, 0.2) is 75.8 Å². The van der Waals surface area contributed by atoms with Gasteiger partial charge in [-0.05, 0) is 57.9 Å². The van der Waals surface area contributed by atoms with Gasteiger partial charge in [-0.3, -0.25) is 9.59 Å². The van der Waals surface area contributed by atoms with Gasteiger partial charge in [0.2, 0.25) is 11.8 Å². The van der Waals surface area contributed by atoms with Crippen molar-refractivity contribution in [3.8, 4) is 5.75 Å². The van der Waals surface area contributed by atoms with Crippen molar-refractivity contribution < 1.29 is 18.7 Å². The van der Waals surface area contributed by atoms with Crippen molar-refractivity contribution in [1.29, 1.82) is 0 Å². The third-order valence-electron chi connectivity index (χ3n) is 4.28. The molecule has 0 unspecified atom stereocenters. The molecule has 0 atom stereocenters. The fourth-order valence-corrected chi connectivity index (χ4v) is 3.16. The second kappa shape index (κ2) is 9.93. The summed E-state index contributed by atoms with van der Waals surface area (Å²) in [5.74, 6) is 0.878. The topological polar surface area (TPSA) is 71.8 Å². The zero-order chi connectivity index (χ0) is 20.6. The summed E-state index contributed by atoms with van der Waals surface area (Å²) in [4.78, 5) is 27.0. The molecule has 1 N–H and O–H groups in total. The van der Waals surface area contributed by atoms with Gasteiger partial charge in [-0.2, -0.15) is 0 Å². The standard InChI is InChI=1S/C22H21BrN2O4/c1-28-17-10-8-16(9-11-17)13-22(27)25(14-18-5-4-12-29-18)15-21(26)24-20-7-3-2-6-19(20)23/h2-12H,13-15H2,1H3,(H,24,26). The summed E-state index contributed by atoms with van der Waals surface area (Å²) >= 11 is 3.40. The predicted octanol–water partition coefficient (Wildman–Crippen LogP) is 4.26. The molecule has 2 aromatic carbocycles. The van der Waals surface area contributed by atoms with E-state index in [0.29, 0.717) is 11.4 Å². The lowest BCUT2D eigenvalue weighted by molar-refractivity contribution is -0.134. The van der Waals surface area contributed by atoms with Crippen LogP contribution in [0.3, 0.4) is 0 Å². The van der Waals surface area contributed by atoms with E-state index in [9.17, 15) is 9.59 Å². The molecule has 7 heteroatoms. The molecule has 0 spiro atoms. The van der Waals surface area contributed by atoms with E-state index >= 15 is 0 Å². The highest BCUT2D eigenvalue weighted by molar-refractivity contribution is 9.10. The maximum atomic E-state index is 12.9. The van der Waals surface area contributed by atoms with Crippen molar-refractivity contribution in [2.24, 2.45) is 0 Å². The summed E-state index contributed by atoms with van der Waals surface area (Å²) < 4.78 is 11.3. The minimum atomic E-state index is -0.286. The van der Waals surface area contributed by atoms with Crippen molar-refractivity contribution in [2.45, 2.75) is 13.0 Å². The molecule has 2 amide bonds. The smallest absolute Gasteiger partial charge is 0.244 e. The number of nitrogens with one attached hydrogen (secondary N) is 1. The molecular formula is C22H21BrN2O4. The Labute approximate surface area is 177 Å². The van der Waals surface area contributed by atoms with Gasteiger partial charge in [-0.1, -0.05) is 24.3 Å². The van der Waals surface area contributed by atoms with E-state index < -0.39 is 0 Å². The lowest BCUT2D eigenvalue weighted by Gasteiger charge is -2.21. The summed E-state index contributed by atoms with van der Waals surface area (Å²) in [5, 5.41) is 2.83. The Kier molecular flexibility index (Phi) is 7.08. The Bertz CT molecular complexity index is 955. The molecule has 0 aliphatic rings. The fourth-order valence-electron chi connectivity index (χ4n) is 2.78. The van der Waals surface area contributed by atoms with E-state index in [0.717, 1.165) is 15.8 Å². The third kappa shape index (κ3) is 5.96. The quantitative estimate of drug-likeness (QED) is 0.549. The first-order chi connectivity index (χ1) is 14.0. The lowest BCUT2D eigenvalue weighted by Crippen LogP contribution is -2.38. The van der Waals surface area contributed by atoms with E-state index in [-0.39, 0.29) is 31.3 Å². The number of carbonyl (C=O) groups is 2. The molecule has 3 aromatic rings. The van der Waals surface area contributed by atoms with Crippen LogP contribution in [0.5, 0.6) is 5.75 Å². The summed E-state index contributed by atoms with van der Waals surface area (Å²) in [5.41, 5.74) is 1.49. The van der Waals surface area contributed by atoms with Crippen molar-refractivity contribution in [3.05, 3.63) is 82.7 Å². The van der Waals surface area contributed by atoms with Gasteiger partial charge in [-0.15, -0.1) is 0 Å². The van der Waals surface area contributed by atoms with Gasteiger partial charge >= 0.3 is 0 Å². The third-order valence-corrected chi connectivity index (χ3v) is 4.97. The minimum Gasteiger partial charge on any atom is -0.497 e. The van der Waals surface area contributed by atoms with Crippen molar-refractivity contribution >= 4 is 33.4 Å². The Hall–Kier alpha value is -3.06. The van der Waals surface area contributed by atoms with Crippen molar-refractivity contribution in [1.82, 2.24) is 4.90 Å². The molecule has 150 valence electrons. The summed E-state index contributed by atoms with van der Waals surface area (Å²) in [7, 11) is 1.59. The normalized spacial score (nSPS) is 10.4. The Balaban J connectivity index is 1.70. The zero-order valence-electron chi connectivity index (χ0n) is 15.9. The monoisotopic (exact) mass is 456 g/mol. The number of anilines is 1. The minimum absolute atomic E-state index is 0.0863. The second-order valence-electron chi connectivity index (χ2n) is 6.38. The summed E-state index contributed by atoms with van der Waals surface area (Å²) in [6, 6.07) is 18.1. The van der Waals surface area contributed by atoms with Crippen LogP contribution in [0.4, 0.5) is 5.69 Å². The fraction of sp³-hybridized carbons (Fsp3) is 0.182. The molecule has 1 heterocycles. The highest BCUT2D eigenvalue weighted by Crippen LogP contribution is 2.21. The number of furan rings is 1. The number of rotatable bonds is 8. The van der Waals surface area contributed by atoms with E-state index in [1.54, 1.807) is 43.7 Å². The number of hydrogen-bond donors (Lipinski definition) is 1. The van der Waals surface area contributed by atoms with Gasteiger partial charge in [0, 0.05) is 4.47 Å². The van der Waals surface area contributed by atoms with Crippen LogP contribution in [0.25, 0.3) is 0 Å². The highest BCUT2D eigenvalue weighted by Gasteiger charge is 2.19. The number of hydrogen-bond acceptors (Lipinski definition) is 4. The Morgan fingerprint density at radius 2 is 1.83 bits per heavy atom. The van der Waals surface area contributed by atoms with E-state index in [1.807, 2.05) is 30.3 Å². The second-order valence-corrected chi connectivity index (χ2v) is 7.24. The Morgan fingerprint density at radius 1 is 1.07 bits per heavy atom. The largest absolute Gasteiger partial charge is 0.497 e. The number of para-hydroxylation sites is 1. The van der Waals surface area contributed by atoms with Gasteiger partial charge in [-0.25, -0.2) is 0 Å². The molecule has 0 aliphatic heterocycles. The van der Waals surface area contributed by atoms with E-state index in [4.69, 9.17) is 9.15 Å². The molecule has 0 aliphatic carbocycles. The molecule has 0 bridgehead atoms. The lowest BCUT2D eigenvalue weighted by atomic mass is 10.1.